The zero-order valence-corrected chi connectivity index (χ0v) is 9.84. The van der Waals surface area contributed by atoms with Crippen molar-refractivity contribution in [2.75, 3.05) is 0 Å². The van der Waals surface area contributed by atoms with Crippen molar-refractivity contribution >= 4 is 11.6 Å². The maximum Gasteiger partial charge on any atom is 0.195 e. The fourth-order valence-electron chi connectivity index (χ4n) is 2.53. The molecule has 4 heteroatoms. The number of aliphatic hydroxyl groups excluding tert-OH is 1. The average molecular weight is 244 g/mol. The Kier molecular flexibility index (Phi) is 2.43. The van der Waals surface area contributed by atoms with Crippen molar-refractivity contribution in [3.63, 3.8) is 0 Å². The highest BCUT2D eigenvalue weighted by molar-refractivity contribution is 6.27. The molecule has 1 aliphatic carbocycles. The Hall–Kier alpha value is -1.78. The van der Waals surface area contributed by atoms with Gasteiger partial charge in [0, 0.05) is 23.1 Å². The summed E-state index contributed by atoms with van der Waals surface area (Å²) in [6.45, 7) is 1.77. The molecule has 1 N–H and O–H groups in total. The van der Waals surface area contributed by atoms with Gasteiger partial charge in [-0.15, -0.1) is 0 Å². The van der Waals surface area contributed by atoms with E-state index in [1.807, 2.05) is 0 Å². The summed E-state index contributed by atoms with van der Waals surface area (Å²) in [5.41, 5.74) is 1.27. The lowest BCUT2D eigenvalue weighted by Crippen LogP contribution is -2.37. The van der Waals surface area contributed by atoms with Crippen LogP contribution in [0.2, 0.25) is 0 Å². The molecular formula is C14H12O4. The molecule has 0 spiro atoms. The van der Waals surface area contributed by atoms with Gasteiger partial charge in [0.2, 0.25) is 0 Å². The van der Waals surface area contributed by atoms with E-state index in [1.165, 1.54) is 0 Å². The van der Waals surface area contributed by atoms with E-state index >= 15 is 0 Å². The molecule has 4 nitrogen and oxygen atoms in total. The molecule has 0 saturated heterocycles. The number of rotatable bonds is 0. The van der Waals surface area contributed by atoms with Gasteiger partial charge < -0.3 is 9.84 Å². The first-order chi connectivity index (χ1) is 8.59. The largest absolute Gasteiger partial charge is 0.364 e. The highest BCUT2D eigenvalue weighted by Gasteiger charge is 2.39. The third-order valence-corrected chi connectivity index (χ3v) is 3.36. The van der Waals surface area contributed by atoms with Crippen molar-refractivity contribution < 1.29 is 19.4 Å². The Morgan fingerprint density at radius 2 is 1.78 bits per heavy atom. The summed E-state index contributed by atoms with van der Waals surface area (Å²) in [6, 6.07) is 6.68. The highest BCUT2D eigenvalue weighted by Crippen LogP contribution is 2.34. The summed E-state index contributed by atoms with van der Waals surface area (Å²) in [7, 11) is 0. The summed E-state index contributed by atoms with van der Waals surface area (Å²) < 4.78 is 5.21. The molecule has 0 fully saturated rings. The molecule has 0 unspecified atom stereocenters. The van der Waals surface area contributed by atoms with Gasteiger partial charge in [0.15, 0.2) is 17.9 Å². The zero-order valence-electron chi connectivity index (χ0n) is 9.84. The van der Waals surface area contributed by atoms with Crippen LogP contribution in [-0.4, -0.2) is 29.1 Å². The molecule has 1 aromatic carbocycles. The van der Waals surface area contributed by atoms with Gasteiger partial charge >= 0.3 is 0 Å². The number of ether oxygens (including phenoxy) is 1. The Labute approximate surface area is 104 Å². The third kappa shape index (κ3) is 1.46. The van der Waals surface area contributed by atoms with Gasteiger partial charge in [0.25, 0.3) is 0 Å². The molecule has 2 atom stereocenters. The number of fused-ring (bicyclic) bond motifs is 1. The Balaban J connectivity index is 2.20. The van der Waals surface area contributed by atoms with Gasteiger partial charge in [0.1, 0.15) is 0 Å². The van der Waals surface area contributed by atoms with Crippen LogP contribution in [-0.2, 0) is 4.74 Å². The highest BCUT2D eigenvalue weighted by atomic mass is 16.6. The molecule has 3 rings (SSSR count). The number of aliphatic hydroxyl groups is 1. The molecule has 92 valence electrons. The van der Waals surface area contributed by atoms with Gasteiger partial charge in [-0.1, -0.05) is 24.3 Å². The Morgan fingerprint density at radius 3 is 2.44 bits per heavy atom. The van der Waals surface area contributed by atoms with Crippen LogP contribution in [0.25, 0.3) is 0 Å². The number of ketones is 2. The second-order valence-corrected chi connectivity index (χ2v) is 4.60. The summed E-state index contributed by atoms with van der Waals surface area (Å²) in [6.07, 6.45) is -1.19. The minimum Gasteiger partial charge on any atom is -0.364 e. The topological polar surface area (TPSA) is 63.6 Å². The van der Waals surface area contributed by atoms with Crippen LogP contribution in [0.1, 0.15) is 34.1 Å². The molecule has 0 saturated carbocycles. The van der Waals surface area contributed by atoms with Crippen molar-refractivity contribution in [1.29, 1.82) is 0 Å². The first kappa shape index (κ1) is 11.3. The number of hydrogen-bond acceptors (Lipinski definition) is 4. The molecule has 1 aliphatic heterocycles. The molecule has 0 aromatic heterocycles. The molecule has 0 radical (unpaired) electrons. The number of hydrogen-bond donors (Lipinski definition) is 1. The molecule has 1 aromatic rings. The molecular weight excluding hydrogens is 232 g/mol. The second kappa shape index (κ2) is 3.86. The van der Waals surface area contributed by atoms with E-state index in [4.69, 9.17) is 4.74 Å². The predicted octanol–water partition coefficient (Wildman–Crippen LogP) is 1.49. The van der Waals surface area contributed by atoms with Gasteiger partial charge in [-0.05, 0) is 6.92 Å². The lowest BCUT2D eigenvalue weighted by atomic mass is 9.80. The van der Waals surface area contributed by atoms with E-state index in [2.05, 4.69) is 0 Å². The van der Waals surface area contributed by atoms with E-state index in [0.717, 1.165) is 0 Å². The van der Waals surface area contributed by atoms with E-state index in [9.17, 15) is 14.7 Å². The van der Waals surface area contributed by atoms with Crippen LogP contribution in [0.4, 0.5) is 0 Å². The van der Waals surface area contributed by atoms with Crippen LogP contribution in [0.5, 0.6) is 0 Å². The fourth-order valence-corrected chi connectivity index (χ4v) is 2.53. The van der Waals surface area contributed by atoms with Gasteiger partial charge in [-0.25, -0.2) is 0 Å². The van der Waals surface area contributed by atoms with Crippen molar-refractivity contribution in [2.24, 2.45) is 0 Å². The van der Waals surface area contributed by atoms with Crippen LogP contribution in [0, 0.1) is 0 Å². The Bertz CT molecular complexity index is 585. The zero-order chi connectivity index (χ0) is 12.9. The molecule has 0 amide bonds. The van der Waals surface area contributed by atoms with Crippen LogP contribution in [0.15, 0.2) is 35.4 Å². The van der Waals surface area contributed by atoms with Gasteiger partial charge in [-0.2, -0.15) is 0 Å². The average Bonchev–Trinajstić information content (AvgIpc) is 2.35. The quantitative estimate of drug-likeness (QED) is 0.751. The van der Waals surface area contributed by atoms with Crippen molar-refractivity contribution in [1.82, 2.24) is 0 Å². The molecule has 2 aliphatic rings. The van der Waals surface area contributed by atoms with Crippen LogP contribution in [0.3, 0.4) is 0 Å². The summed E-state index contributed by atoms with van der Waals surface area (Å²) in [5, 5.41) is 9.84. The second-order valence-electron chi connectivity index (χ2n) is 4.60. The molecule has 18 heavy (non-hydrogen) atoms. The first-order valence-electron chi connectivity index (χ1n) is 5.84. The van der Waals surface area contributed by atoms with Crippen LogP contribution < -0.4 is 0 Å². The van der Waals surface area contributed by atoms with Crippen molar-refractivity contribution in [3.8, 4) is 0 Å². The van der Waals surface area contributed by atoms with Crippen molar-refractivity contribution in [3.05, 3.63) is 46.5 Å². The first-order valence-corrected chi connectivity index (χ1v) is 5.84. The normalized spacial score (nSPS) is 27.0. The SMILES string of the molecule is C[C@@H]1CC2=C(C(=O)c3ccccc3C2=O)[C@@H](O)O1. The van der Waals surface area contributed by atoms with Crippen LogP contribution >= 0.6 is 0 Å². The fraction of sp³-hybridized carbons (Fsp3) is 0.286. The Morgan fingerprint density at radius 1 is 1.17 bits per heavy atom. The number of Topliss-reactive ketones (excluding diaryl/α,β-unsaturated/α-hetero) is 2. The summed E-state index contributed by atoms with van der Waals surface area (Å²) in [5.74, 6) is -0.478. The van der Waals surface area contributed by atoms with Crippen molar-refractivity contribution in [2.45, 2.75) is 25.7 Å². The molecule has 0 bridgehead atoms. The summed E-state index contributed by atoms with van der Waals surface area (Å²) in [4.78, 5) is 24.6. The molecule has 1 heterocycles. The smallest absolute Gasteiger partial charge is 0.195 e. The van der Waals surface area contributed by atoms with E-state index in [1.54, 1.807) is 31.2 Å². The monoisotopic (exact) mass is 244 g/mol. The number of carbonyl (C=O) groups excluding carboxylic acids is 2. The lowest BCUT2D eigenvalue weighted by molar-refractivity contribution is -0.112. The van der Waals surface area contributed by atoms with E-state index in [0.29, 0.717) is 23.1 Å². The van der Waals surface area contributed by atoms with E-state index < -0.39 is 6.29 Å². The van der Waals surface area contributed by atoms with E-state index in [-0.39, 0.29) is 23.2 Å². The summed E-state index contributed by atoms with van der Waals surface area (Å²) >= 11 is 0. The predicted molar refractivity (Wildman–Crippen MR) is 63.3 cm³/mol. The van der Waals surface area contributed by atoms with Gasteiger partial charge in [-0.3, -0.25) is 9.59 Å². The minimum atomic E-state index is -1.30. The third-order valence-electron chi connectivity index (χ3n) is 3.36. The van der Waals surface area contributed by atoms with Gasteiger partial charge in [0.05, 0.1) is 11.7 Å². The number of carbonyl (C=O) groups is 2. The maximum absolute atomic E-state index is 12.3. The minimum absolute atomic E-state index is 0.108. The standard InChI is InChI=1S/C14H12O4/c1-7-6-10-11(14(17)18-7)13(16)9-5-3-2-4-8(9)12(10)15/h2-5,7,14,17H,6H2,1H3/t7-,14+/m1/s1. The maximum atomic E-state index is 12.3. The lowest BCUT2D eigenvalue weighted by Gasteiger charge is -2.31. The number of benzene rings is 1.